The topological polar surface area (TPSA) is 43.8 Å². The van der Waals surface area contributed by atoms with Crippen molar-refractivity contribution in [1.82, 2.24) is 9.78 Å². The highest BCUT2D eigenvalue weighted by Crippen LogP contribution is 2.10. The molecular formula is C6H10FN3. The van der Waals surface area contributed by atoms with Crippen LogP contribution in [-0.4, -0.2) is 9.78 Å². The molecule has 3 nitrogen and oxygen atoms in total. The summed E-state index contributed by atoms with van der Waals surface area (Å²) in [5, 5.41) is 3.83. The molecule has 0 aliphatic heterocycles. The van der Waals surface area contributed by atoms with Crippen molar-refractivity contribution in [3.8, 4) is 0 Å². The second-order valence-corrected chi connectivity index (χ2v) is 2.32. The number of halogens is 1. The van der Waals surface area contributed by atoms with E-state index in [1.54, 1.807) is 14.0 Å². The number of nitrogens with zero attached hydrogens (tertiary/aromatic N) is 2. The Morgan fingerprint density at radius 3 is 2.60 bits per heavy atom. The molecule has 0 bridgehead atoms. The van der Waals surface area contributed by atoms with Crippen molar-refractivity contribution >= 4 is 0 Å². The van der Waals surface area contributed by atoms with Gasteiger partial charge in [-0.2, -0.15) is 5.10 Å². The van der Waals surface area contributed by atoms with Gasteiger partial charge in [-0.15, -0.1) is 0 Å². The normalized spacial score (nSPS) is 13.6. The molecule has 1 unspecified atom stereocenters. The van der Waals surface area contributed by atoms with Gasteiger partial charge in [0.05, 0.1) is 6.20 Å². The van der Waals surface area contributed by atoms with Crippen molar-refractivity contribution in [1.29, 1.82) is 0 Å². The summed E-state index contributed by atoms with van der Waals surface area (Å²) in [5.41, 5.74) is 5.73. The number of hydrogen-bond acceptors (Lipinski definition) is 2. The van der Waals surface area contributed by atoms with Crippen LogP contribution in [0.15, 0.2) is 6.20 Å². The number of aromatic nitrogens is 2. The maximum atomic E-state index is 12.7. The van der Waals surface area contributed by atoms with Crippen molar-refractivity contribution in [2.24, 2.45) is 12.8 Å². The van der Waals surface area contributed by atoms with Gasteiger partial charge in [0.2, 0.25) is 0 Å². The minimum atomic E-state index is -0.336. The summed E-state index contributed by atoms with van der Waals surface area (Å²) in [5.74, 6) is -0.336. The molecule has 0 aliphatic rings. The van der Waals surface area contributed by atoms with Gasteiger partial charge in [-0.3, -0.25) is 4.68 Å². The van der Waals surface area contributed by atoms with Gasteiger partial charge in [0, 0.05) is 13.1 Å². The Kier molecular flexibility index (Phi) is 1.72. The number of rotatable bonds is 1. The molecule has 1 atom stereocenters. The second kappa shape index (κ2) is 2.38. The first-order chi connectivity index (χ1) is 4.61. The Labute approximate surface area is 58.6 Å². The molecule has 2 N–H and O–H groups in total. The molecule has 10 heavy (non-hydrogen) atoms. The van der Waals surface area contributed by atoms with Crippen LogP contribution in [0, 0.1) is 5.82 Å². The van der Waals surface area contributed by atoms with Crippen LogP contribution in [0.1, 0.15) is 18.7 Å². The lowest BCUT2D eigenvalue weighted by molar-refractivity contribution is 0.591. The van der Waals surface area contributed by atoms with Gasteiger partial charge in [0.1, 0.15) is 5.69 Å². The fourth-order valence-electron chi connectivity index (χ4n) is 0.785. The number of hydrogen-bond donors (Lipinski definition) is 1. The van der Waals surface area contributed by atoms with Crippen LogP contribution in [0.2, 0.25) is 0 Å². The zero-order valence-electron chi connectivity index (χ0n) is 6.00. The molecule has 0 radical (unpaired) electrons. The molecule has 0 aliphatic carbocycles. The van der Waals surface area contributed by atoms with Crippen LogP contribution in [0.3, 0.4) is 0 Å². The molecule has 0 saturated heterocycles. The molecule has 1 aromatic heterocycles. The van der Waals surface area contributed by atoms with Crippen molar-refractivity contribution in [3.63, 3.8) is 0 Å². The average molecular weight is 143 g/mol. The Morgan fingerprint density at radius 2 is 2.40 bits per heavy atom. The van der Waals surface area contributed by atoms with E-state index >= 15 is 0 Å². The van der Waals surface area contributed by atoms with E-state index in [2.05, 4.69) is 5.10 Å². The van der Waals surface area contributed by atoms with E-state index in [1.807, 2.05) is 0 Å². The van der Waals surface area contributed by atoms with Gasteiger partial charge < -0.3 is 5.73 Å². The monoisotopic (exact) mass is 143 g/mol. The van der Waals surface area contributed by atoms with Gasteiger partial charge in [-0.25, -0.2) is 4.39 Å². The van der Waals surface area contributed by atoms with E-state index in [-0.39, 0.29) is 11.9 Å². The first-order valence-corrected chi connectivity index (χ1v) is 3.06. The highest BCUT2D eigenvalue weighted by molar-refractivity contribution is 5.06. The van der Waals surface area contributed by atoms with Gasteiger partial charge in [0.25, 0.3) is 0 Å². The van der Waals surface area contributed by atoms with Gasteiger partial charge >= 0.3 is 0 Å². The third-order valence-corrected chi connectivity index (χ3v) is 1.24. The summed E-state index contributed by atoms with van der Waals surface area (Å²) >= 11 is 0. The lowest BCUT2D eigenvalue weighted by atomic mass is 10.2. The van der Waals surface area contributed by atoms with Crippen LogP contribution >= 0.6 is 0 Å². The highest BCUT2D eigenvalue weighted by atomic mass is 19.1. The molecule has 0 spiro atoms. The van der Waals surface area contributed by atoms with E-state index in [9.17, 15) is 4.39 Å². The molecule has 0 saturated carbocycles. The third kappa shape index (κ3) is 1.16. The number of aryl methyl sites for hydroxylation is 1. The molecule has 0 aromatic carbocycles. The molecule has 4 heteroatoms. The van der Waals surface area contributed by atoms with Crippen LogP contribution in [0.5, 0.6) is 0 Å². The summed E-state index contributed by atoms with van der Waals surface area (Å²) in [6.07, 6.45) is 1.30. The SMILES string of the molecule is CC(N)c1nn(C)cc1F. The Morgan fingerprint density at radius 1 is 1.80 bits per heavy atom. The standard InChI is InChI=1S/C6H10FN3/c1-4(8)6-5(7)3-10(2)9-6/h3-4H,8H2,1-2H3. The van der Waals surface area contributed by atoms with Crippen LogP contribution in [0.25, 0.3) is 0 Å². The summed E-state index contributed by atoms with van der Waals surface area (Å²) in [4.78, 5) is 0. The first kappa shape index (κ1) is 7.21. The largest absolute Gasteiger partial charge is 0.323 e. The van der Waals surface area contributed by atoms with E-state index in [1.165, 1.54) is 10.9 Å². The van der Waals surface area contributed by atoms with Crippen LogP contribution in [0.4, 0.5) is 4.39 Å². The Balaban J connectivity index is 3.03. The molecule has 1 heterocycles. The predicted octanol–water partition coefficient (Wildman–Crippen LogP) is 0.579. The molecule has 1 rings (SSSR count). The van der Waals surface area contributed by atoms with Crippen molar-refractivity contribution in [3.05, 3.63) is 17.7 Å². The summed E-state index contributed by atoms with van der Waals surface area (Å²) in [6, 6.07) is -0.332. The van der Waals surface area contributed by atoms with E-state index in [0.29, 0.717) is 5.69 Å². The molecule has 0 fully saturated rings. The van der Waals surface area contributed by atoms with Crippen molar-refractivity contribution < 1.29 is 4.39 Å². The zero-order valence-corrected chi connectivity index (χ0v) is 6.00. The van der Waals surface area contributed by atoms with Gasteiger partial charge in [-0.1, -0.05) is 0 Å². The van der Waals surface area contributed by atoms with E-state index in [0.717, 1.165) is 0 Å². The Hall–Kier alpha value is -0.900. The minimum Gasteiger partial charge on any atom is -0.323 e. The van der Waals surface area contributed by atoms with Crippen molar-refractivity contribution in [2.75, 3.05) is 0 Å². The van der Waals surface area contributed by atoms with Crippen LogP contribution in [-0.2, 0) is 7.05 Å². The summed E-state index contributed by atoms with van der Waals surface area (Å²) in [7, 11) is 1.66. The molecule has 0 amide bonds. The van der Waals surface area contributed by atoms with Crippen molar-refractivity contribution in [2.45, 2.75) is 13.0 Å². The fourth-order valence-corrected chi connectivity index (χ4v) is 0.785. The zero-order chi connectivity index (χ0) is 7.72. The van der Waals surface area contributed by atoms with Crippen LogP contribution < -0.4 is 5.73 Å². The fraction of sp³-hybridized carbons (Fsp3) is 0.500. The Bertz CT molecular complexity index is 229. The van der Waals surface area contributed by atoms with E-state index < -0.39 is 0 Å². The lowest BCUT2D eigenvalue weighted by Crippen LogP contribution is -2.07. The molecule has 56 valence electrons. The lowest BCUT2D eigenvalue weighted by Gasteiger charge is -1.97. The smallest absolute Gasteiger partial charge is 0.165 e. The first-order valence-electron chi connectivity index (χ1n) is 3.06. The molecular weight excluding hydrogens is 133 g/mol. The maximum Gasteiger partial charge on any atom is 0.165 e. The summed E-state index contributed by atoms with van der Waals surface area (Å²) in [6.45, 7) is 1.70. The van der Waals surface area contributed by atoms with Gasteiger partial charge in [0.15, 0.2) is 5.82 Å². The van der Waals surface area contributed by atoms with E-state index in [4.69, 9.17) is 5.73 Å². The maximum absolute atomic E-state index is 12.7. The van der Waals surface area contributed by atoms with Gasteiger partial charge in [-0.05, 0) is 6.92 Å². The average Bonchev–Trinajstić information content (AvgIpc) is 2.10. The molecule has 1 aromatic rings. The highest BCUT2D eigenvalue weighted by Gasteiger charge is 2.09. The second-order valence-electron chi connectivity index (χ2n) is 2.32. The predicted molar refractivity (Wildman–Crippen MR) is 35.8 cm³/mol. The minimum absolute atomic E-state index is 0.322. The number of nitrogens with two attached hydrogens (primary N) is 1. The third-order valence-electron chi connectivity index (χ3n) is 1.24. The quantitative estimate of drug-likeness (QED) is 0.625. The summed E-state index contributed by atoms with van der Waals surface area (Å²) < 4.78 is 14.1.